The number of furan rings is 1. The molecule has 2 bridgehead atoms. The molecule has 4 aliphatic carbocycles. The van der Waals surface area contributed by atoms with Crippen LogP contribution in [0.1, 0.15) is 62.7 Å². The van der Waals surface area contributed by atoms with E-state index in [4.69, 9.17) is 4.42 Å². The fourth-order valence-electron chi connectivity index (χ4n) is 6.98. The Labute approximate surface area is 136 Å². The lowest BCUT2D eigenvalue weighted by Crippen LogP contribution is -2.49. The molecule has 3 nitrogen and oxygen atoms in total. The summed E-state index contributed by atoms with van der Waals surface area (Å²) in [6.07, 6.45) is 13.1. The second-order valence-electron chi connectivity index (χ2n) is 8.64. The van der Waals surface area contributed by atoms with E-state index in [1.165, 1.54) is 24.8 Å². The highest BCUT2D eigenvalue weighted by Gasteiger charge is 2.62. The van der Waals surface area contributed by atoms with E-state index < -0.39 is 5.97 Å². The highest BCUT2D eigenvalue weighted by molar-refractivity contribution is 5.71. The van der Waals surface area contributed by atoms with Crippen molar-refractivity contribution >= 4 is 12.0 Å². The molecule has 1 aromatic rings. The van der Waals surface area contributed by atoms with E-state index in [1.54, 1.807) is 0 Å². The second kappa shape index (κ2) is 4.31. The minimum atomic E-state index is -0.559. The van der Waals surface area contributed by atoms with Gasteiger partial charge in [-0.25, -0.2) is 0 Å². The third-order valence-electron chi connectivity index (χ3n) is 7.88. The van der Waals surface area contributed by atoms with Crippen LogP contribution < -0.4 is 0 Å². The van der Waals surface area contributed by atoms with Crippen molar-refractivity contribution in [2.45, 2.75) is 51.4 Å². The molecule has 1 spiro atoms. The molecule has 6 atom stereocenters. The number of rotatable bonds is 1. The van der Waals surface area contributed by atoms with Gasteiger partial charge in [-0.05, 0) is 79.3 Å². The highest BCUT2D eigenvalue weighted by Crippen LogP contribution is 2.70. The normalized spacial score (nSPS) is 46.8. The monoisotopic (exact) mass is 312 g/mol. The summed E-state index contributed by atoms with van der Waals surface area (Å²) in [6.45, 7) is 2.42. The first-order chi connectivity index (χ1) is 11.0. The van der Waals surface area contributed by atoms with Crippen LogP contribution in [0, 0.1) is 28.6 Å². The van der Waals surface area contributed by atoms with Gasteiger partial charge in [0.25, 0.3) is 0 Å². The smallest absolute Gasteiger partial charge is 0.306 e. The fraction of sp³-hybridized carbons (Fsp3) is 0.650. The van der Waals surface area contributed by atoms with E-state index in [1.807, 2.05) is 6.26 Å². The van der Waals surface area contributed by atoms with E-state index >= 15 is 0 Å². The predicted molar refractivity (Wildman–Crippen MR) is 86.8 cm³/mol. The van der Waals surface area contributed by atoms with Crippen LogP contribution in [0.2, 0.25) is 0 Å². The Morgan fingerprint density at radius 3 is 3.00 bits per heavy atom. The molecule has 122 valence electrons. The molecule has 0 amide bonds. The molecular weight excluding hydrogens is 288 g/mol. The number of carboxylic acid groups (broad SMARTS) is 1. The number of hydrogen-bond donors (Lipinski definition) is 1. The minimum absolute atomic E-state index is 0.0998. The molecule has 1 N–H and O–H groups in total. The zero-order valence-corrected chi connectivity index (χ0v) is 13.6. The van der Waals surface area contributed by atoms with Gasteiger partial charge in [-0.1, -0.05) is 13.0 Å². The summed E-state index contributed by atoms with van der Waals surface area (Å²) < 4.78 is 5.63. The third kappa shape index (κ3) is 1.63. The Morgan fingerprint density at radius 2 is 2.17 bits per heavy atom. The van der Waals surface area contributed by atoms with E-state index in [0.717, 1.165) is 25.0 Å². The minimum Gasteiger partial charge on any atom is -0.481 e. The summed E-state index contributed by atoms with van der Waals surface area (Å²) in [6, 6.07) is 2.15. The van der Waals surface area contributed by atoms with Crippen LogP contribution in [0.15, 0.2) is 22.8 Å². The summed E-state index contributed by atoms with van der Waals surface area (Å²) in [7, 11) is 0. The van der Waals surface area contributed by atoms with E-state index in [2.05, 4.69) is 25.1 Å². The lowest BCUT2D eigenvalue weighted by molar-refractivity contribution is -0.143. The number of allylic oxidation sites excluding steroid dienone is 1. The van der Waals surface area contributed by atoms with Crippen LogP contribution in [-0.4, -0.2) is 11.1 Å². The Kier molecular flexibility index (Phi) is 2.60. The SMILES string of the molecule is CC12C=Cc3occc3C1CCC13CC(CCC12)C(C(=O)O)C3. The highest BCUT2D eigenvalue weighted by atomic mass is 16.4. The van der Waals surface area contributed by atoms with Gasteiger partial charge in [-0.15, -0.1) is 0 Å². The van der Waals surface area contributed by atoms with Crippen molar-refractivity contribution in [2.75, 3.05) is 0 Å². The average Bonchev–Trinajstić information content (AvgIpc) is 3.09. The molecule has 0 aromatic carbocycles. The van der Waals surface area contributed by atoms with Crippen molar-refractivity contribution in [2.24, 2.45) is 28.6 Å². The van der Waals surface area contributed by atoms with Gasteiger partial charge in [0.2, 0.25) is 0 Å². The van der Waals surface area contributed by atoms with Gasteiger partial charge in [-0.3, -0.25) is 4.79 Å². The molecule has 6 unspecified atom stereocenters. The van der Waals surface area contributed by atoms with E-state index in [9.17, 15) is 9.90 Å². The van der Waals surface area contributed by atoms with Gasteiger partial charge in [0.05, 0.1) is 12.2 Å². The molecular formula is C20H24O3. The van der Waals surface area contributed by atoms with Gasteiger partial charge in [0.15, 0.2) is 0 Å². The maximum Gasteiger partial charge on any atom is 0.306 e. The molecule has 3 saturated carbocycles. The number of carbonyl (C=O) groups is 1. The molecule has 5 rings (SSSR count). The number of aliphatic carboxylic acids is 1. The van der Waals surface area contributed by atoms with Crippen LogP contribution in [0.4, 0.5) is 0 Å². The first kappa shape index (κ1) is 13.9. The molecule has 23 heavy (non-hydrogen) atoms. The molecule has 1 aromatic heterocycles. The van der Waals surface area contributed by atoms with E-state index in [-0.39, 0.29) is 16.7 Å². The third-order valence-corrected chi connectivity index (χ3v) is 7.88. The van der Waals surface area contributed by atoms with Crippen molar-refractivity contribution in [3.8, 4) is 0 Å². The van der Waals surface area contributed by atoms with Crippen LogP contribution in [0.3, 0.4) is 0 Å². The average molecular weight is 312 g/mol. The van der Waals surface area contributed by atoms with Crippen LogP contribution >= 0.6 is 0 Å². The molecule has 0 aliphatic heterocycles. The maximum atomic E-state index is 11.7. The van der Waals surface area contributed by atoms with Crippen molar-refractivity contribution < 1.29 is 14.3 Å². The first-order valence-electron chi connectivity index (χ1n) is 9.03. The van der Waals surface area contributed by atoms with Crippen molar-refractivity contribution in [1.29, 1.82) is 0 Å². The summed E-state index contributed by atoms with van der Waals surface area (Å²) in [5, 5.41) is 9.62. The molecule has 0 saturated heterocycles. The first-order valence-corrected chi connectivity index (χ1v) is 9.03. The van der Waals surface area contributed by atoms with Gasteiger partial charge in [-0.2, -0.15) is 0 Å². The van der Waals surface area contributed by atoms with Gasteiger partial charge in [0, 0.05) is 5.56 Å². The van der Waals surface area contributed by atoms with Gasteiger partial charge >= 0.3 is 5.97 Å². The molecule has 3 heteroatoms. The molecule has 0 radical (unpaired) electrons. The zero-order valence-electron chi connectivity index (χ0n) is 13.6. The lowest BCUT2D eigenvalue weighted by atomic mass is 9.46. The Balaban J connectivity index is 1.57. The predicted octanol–water partition coefficient (Wildman–Crippen LogP) is 4.70. The largest absolute Gasteiger partial charge is 0.481 e. The lowest BCUT2D eigenvalue weighted by Gasteiger charge is -2.58. The van der Waals surface area contributed by atoms with Crippen LogP contribution in [-0.2, 0) is 4.79 Å². The summed E-state index contributed by atoms with van der Waals surface area (Å²) in [5.41, 5.74) is 1.80. The topological polar surface area (TPSA) is 50.4 Å². The maximum absolute atomic E-state index is 11.7. The standard InChI is InChI=1S/C20H24O3/c1-19-7-5-16-13(6-9-23-16)15(19)4-8-20-10-12(2-3-17(19)20)14(11-20)18(21)22/h5-7,9,12,14-15,17H,2-4,8,10-11H2,1H3,(H,21,22). The zero-order chi connectivity index (χ0) is 15.8. The van der Waals surface area contributed by atoms with Gasteiger partial charge in [0.1, 0.15) is 5.76 Å². The quantitative estimate of drug-likeness (QED) is 0.818. The van der Waals surface area contributed by atoms with Crippen molar-refractivity contribution in [1.82, 2.24) is 0 Å². The fourth-order valence-corrected chi connectivity index (χ4v) is 6.98. The number of hydrogen-bond acceptors (Lipinski definition) is 2. The summed E-state index contributed by atoms with van der Waals surface area (Å²) in [5.74, 6) is 1.95. The van der Waals surface area contributed by atoms with Crippen LogP contribution in [0.25, 0.3) is 6.08 Å². The summed E-state index contributed by atoms with van der Waals surface area (Å²) in [4.78, 5) is 11.7. The Hall–Kier alpha value is -1.51. The van der Waals surface area contributed by atoms with E-state index in [0.29, 0.717) is 17.8 Å². The van der Waals surface area contributed by atoms with Gasteiger partial charge < -0.3 is 9.52 Å². The molecule has 4 aliphatic rings. The molecule has 1 heterocycles. The Bertz CT molecular complexity index is 701. The van der Waals surface area contributed by atoms with Crippen molar-refractivity contribution in [3.63, 3.8) is 0 Å². The summed E-state index contributed by atoms with van der Waals surface area (Å²) >= 11 is 0. The van der Waals surface area contributed by atoms with Crippen molar-refractivity contribution in [3.05, 3.63) is 29.7 Å². The number of fused-ring (bicyclic) bond motifs is 5. The number of carboxylic acids is 1. The molecule has 3 fully saturated rings. The Morgan fingerprint density at radius 1 is 1.30 bits per heavy atom. The second-order valence-corrected chi connectivity index (χ2v) is 8.64. The van der Waals surface area contributed by atoms with Crippen LogP contribution in [0.5, 0.6) is 0 Å².